The van der Waals surface area contributed by atoms with Crippen LogP contribution in [-0.4, -0.2) is 48.3 Å². The smallest absolute Gasteiger partial charge is 0.0564 e. The molecule has 3 rings (SSSR count). The van der Waals surface area contributed by atoms with Crippen molar-refractivity contribution in [2.75, 3.05) is 26.2 Å². The second kappa shape index (κ2) is 8.46. The summed E-state index contributed by atoms with van der Waals surface area (Å²) in [6, 6.07) is 11.7. The molecule has 24 heavy (non-hydrogen) atoms. The summed E-state index contributed by atoms with van der Waals surface area (Å²) >= 11 is 0. The second-order valence-electron chi connectivity index (χ2n) is 8.08. The van der Waals surface area contributed by atoms with Crippen molar-refractivity contribution in [2.45, 2.75) is 69.4 Å². The van der Waals surface area contributed by atoms with E-state index in [4.69, 9.17) is 0 Å². The Kier molecular flexibility index (Phi) is 6.31. The molecular weight excluding hydrogens is 296 g/mol. The Morgan fingerprint density at radius 1 is 1.08 bits per heavy atom. The van der Waals surface area contributed by atoms with E-state index in [1.807, 2.05) is 0 Å². The van der Waals surface area contributed by atoms with E-state index in [0.29, 0.717) is 11.5 Å². The summed E-state index contributed by atoms with van der Waals surface area (Å²) in [5.41, 5.74) is 1.88. The molecule has 1 aliphatic heterocycles. The molecule has 1 aromatic carbocycles. The number of piperidine rings is 1. The van der Waals surface area contributed by atoms with Crippen LogP contribution in [0.15, 0.2) is 30.3 Å². The first-order chi connectivity index (χ1) is 11.7. The Morgan fingerprint density at radius 3 is 2.42 bits per heavy atom. The van der Waals surface area contributed by atoms with Gasteiger partial charge in [-0.2, -0.15) is 0 Å². The van der Waals surface area contributed by atoms with Crippen molar-refractivity contribution in [1.29, 1.82) is 0 Å². The van der Waals surface area contributed by atoms with Gasteiger partial charge in [0, 0.05) is 19.1 Å². The van der Waals surface area contributed by atoms with E-state index >= 15 is 0 Å². The first-order valence-electron chi connectivity index (χ1n) is 9.85. The van der Waals surface area contributed by atoms with E-state index in [0.717, 1.165) is 32.5 Å². The zero-order chi connectivity index (χ0) is 16.8. The molecule has 2 N–H and O–H groups in total. The zero-order valence-corrected chi connectivity index (χ0v) is 15.2. The summed E-state index contributed by atoms with van der Waals surface area (Å²) in [5.74, 6) is 0. The minimum atomic E-state index is -0.0551. The number of likely N-dealkylation sites (tertiary alicyclic amines) is 1. The van der Waals surface area contributed by atoms with Gasteiger partial charge in [-0.3, -0.25) is 0 Å². The molecule has 2 aliphatic rings. The molecule has 1 saturated heterocycles. The van der Waals surface area contributed by atoms with Crippen LogP contribution >= 0.6 is 0 Å². The van der Waals surface area contributed by atoms with Crippen molar-refractivity contribution in [3.63, 3.8) is 0 Å². The number of aliphatic hydroxyl groups excluding tert-OH is 1. The third-order valence-electron chi connectivity index (χ3n) is 6.20. The number of aliphatic hydroxyl groups is 1. The van der Waals surface area contributed by atoms with Crippen molar-refractivity contribution >= 4 is 0 Å². The summed E-state index contributed by atoms with van der Waals surface area (Å²) in [4.78, 5) is 2.50. The number of hydrogen-bond acceptors (Lipinski definition) is 3. The fourth-order valence-corrected chi connectivity index (χ4v) is 4.34. The molecule has 3 nitrogen and oxygen atoms in total. The van der Waals surface area contributed by atoms with Crippen LogP contribution in [0.4, 0.5) is 0 Å². The van der Waals surface area contributed by atoms with E-state index in [2.05, 4.69) is 47.5 Å². The summed E-state index contributed by atoms with van der Waals surface area (Å²) in [7, 11) is 0. The third-order valence-corrected chi connectivity index (χ3v) is 6.20. The first-order valence-corrected chi connectivity index (χ1v) is 9.85. The van der Waals surface area contributed by atoms with Crippen LogP contribution in [0.1, 0.15) is 57.4 Å². The lowest BCUT2D eigenvalue weighted by Gasteiger charge is -2.38. The van der Waals surface area contributed by atoms with E-state index in [1.165, 1.54) is 44.2 Å². The number of nitrogens with zero attached hydrogens (tertiary/aromatic N) is 1. The molecule has 0 bridgehead atoms. The average molecular weight is 331 g/mol. The van der Waals surface area contributed by atoms with Crippen LogP contribution in [0.5, 0.6) is 0 Å². The van der Waals surface area contributed by atoms with Gasteiger partial charge in [0.25, 0.3) is 0 Å². The normalized spacial score (nSPS) is 29.7. The second-order valence-corrected chi connectivity index (χ2v) is 8.08. The SMILES string of the molecule is CC1(c2ccccc2)CCC(NCCCN2CCC(O)CC2)CC1. The fraction of sp³-hybridized carbons (Fsp3) is 0.714. The van der Waals surface area contributed by atoms with E-state index in [-0.39, 0.29) is 6.10 Å². The highest BCUT2D eigenvalue weighted by Gasteiger charge is 2.32. The van der Waals surface area contributed by atoms with E-state index in [1.54, 1.807) is 0 Å². The summed E-state index contributed by atoms with van der Waals surface area (Å²) in [6.45, 7) is 6.88. The minimum absolute atomic E-state index is 0.0551. The Morgan fingerprint density at radius 2 is 1.75 bits per heavy atom. The number of nitrogens with one attached hydrogen (secondary N) is 1. The van der Waals surface area contributed by atoms with Crippen molar-refractivity contribution in [3.8, 4) is 0 Å². The zero-order valence-electron chi connectivity index (χ0n) is 15.2. The van der Waals surface area contributed by atoms with Gasteiger partial charge in [-0.05, 0) is 69.0 Å². The molecular formula is C21H34N2O. The monoisotopic (exact) mass is 330 g/mol. The molecule has 1 aliphatic carbocycles. The van der Waals surface area contributed by atoms with Crippen LogP contribution in [0.25, 0.3) is 0 Å². The van der Waals surface area contributed by atoms with E-state index < -0.39 is 0 Å². The van der Waals surface area contributed by atoms with Gasteiger partial charge in [0.05, 0.1) is 6.10 Å². The lowest BCUT2D eigenvalue weighted by Crippen LogP contribution is -2.40. The van der Waals surface area contributed by atoms with Gasteiger partial charge >= 0.3 is 0 Å². The van der Waals surface area contributed by atoms with Gasteiger partial charge in [-0.15, -0.1) is 0 Å². The number of benzene rings is 1. The molecule has 0 unspecified atom stereocenters. The molecule has 1 saturated carbocycles. The highest BCUT2D eigenvalue weighted by Crippen LogP contribution is 2.38. The van der Waals surface area contributed by atoms with Gasteiger partial charge in [-0.1, -0.05) is 37.3 Å². The average Bonchev–Trinajstić information content (AvgIpc) is 2.63. The topological polar surface area (TPSA) is 35.5 Å². The molecule has 1 aromatic rings. The van der Waals surface area contributed by atoms with Gasteiger partial charge in [0.15, 0.2) is 0 Å². The van der Waals surface area contributed by atoms with Crippen LogP contribution in [0.2, 0.25) is 0 Å². The van der Waals surface area contributed by atoms with E-state index in [9.17, 15) is 5.11 Å². The maximum atomic E-state index is 9.55. The molecule has 2 fully saturated rings. The first kappa shape index (κ1) is 17.9. The van der Waals surface area contributed by atoms with Crippen LogP contribution in [0.3, 0.4) is 0 Å². The lowest BCUT2D eigenvalue weighted by molar-refractivity contribution is 0.0819. The lowest BCUT2D eigenvalue weighted by atomic mass is 9.69. The number of hydrogen-bond donors (Lipinski definition) is 2. The number of rotatable bonds is 6. The Bertz CT molecular complexity index is 474. The standard InChI is InChI=1S/C21H34N2O/c1-21(18-6-3-2-4-7-18)12-8-19(9-13-21)22-14-5-15-23-16-10-20(24)11-17-23/h2-4,6-7,19-20,22,24H,5,8-17H2,1H3. The Labute approximate surface area is 147 Å². The molecule has 1 heterocycles. The highest BCUT2D eigenvalue weighted by atomic mass is 16.3. The predicted molar refractivity (Wildman–Crippen MR) is 100 cm³/mol. The van der Waals surface area contributed by atoms with Gasteiger partial charge in [-0.25, -0.2) is 0 Å². The highest BCUT2D eigenvalue weighted by molar-refractivity contribution is 5.25. The van der Waals surface area contributed by atoms with Crippen molar-refractivity contribution in [3.05, 3.63) is 35.9 Å². The summed E-state index contributed by atoms with van der Waals surface area (Å²) in [6.07, 6.45) is 8.24. The van der Waals surface area contributed by atoms with Gasteiger partial charge in [0.1, 0.15) is 0 Å². The minimum Gasteiger partial charge on any atom is -0.393 e. The van der Waals surface area contributed by atoms with Crippen LogP contribution in [-0.2, 0) is 5.41 Å². The van der Waals surface area contributed by atoms with Crippen molar-refractivity contribution in [2.24, 2.45) is 0 Å². The molecule has 0 atom stereocenters. The predicted octanol–water partition coefficient (Wildman–Crippen LogP) is 3.32. The summed E-state index contributed by atoms with van der Waals surface area (Å²) in [5, 5.41) is 13.3. The molecule has 0 spiro atoms. The van der Waals surface area contributed by atoms with Crippen molar-refractivity contribution in [1.82, 2.24) is 10.2 Å². The molecule has 134 valence electrons. The summed E-state index contributed by atoms with van der Waals surface area (Å²) < 4.78 is 0. The quantitative estimate of drug-likeness (QED) is 0.786. The maximum absolute atomic E-state index is 9.55. The maximum Gasteiger partial charge on any atom is 0.0564 e. The molecule has 0 radical (unpaired) electrons. The Hall–Kier alpha value is -0.900. The van der Waals surface area contributed by atoms with Gasteiger partial charge in [0.2, 0.25) is 0 Å². The van der Waals surface area contributed by atoms with Crippen LogP contribution < -0.4 is 5.32 Å². The third kappa shape index (κ3) is 4.81. The molecule has 0 amide bonds. The molecule has 3 heteroatoms. The van der Waals surface area contributed by atoms with Gasteiger partial charge < -0.3 is 15.3 Å². The Balaban J connectivity index is 1.33. The van der Waals surface area contributed by atoms with Crippen LogP contribution in [0, 0.1) is 0 Å². The molecule has 0 aromatic heterocycles. The fourth-order valence-electron chi connectivity index (χ4n) is 4.34. The largest absolute Gasteiger partial charge is 0.393 e. The van der Waals surface area contributed by atoms with Crippen molar-refractivity contribution < 1.29 is 5.11 Å².